The van der Waals surface area contributed by atoms with Gasteiger partial charge in [-0.05, 0) is 31.0 Å². The van der Waals surface area contributed by atoms with Crippen LogP contribution in [-0.2, 0) is 20.9 Å². The van der Waals surface area contributed by atoms with Gasteiger partial charge < -0.3 is 4.74 Å². The van der Waals surface area contributed by atoms with E-state index in [2.05, 4.69) is 4.90 Å². The maximum atomic E-state index is 12.8. The maximum absolute atomic E-state index is 12.8. The summed E-state index contributed by atoms with van der Waals surface area (Å²) in [6, 6.07) is 4.25. The predicted octanol–water partition coefficient (Wildman–Crippen LogP) is 2.19. The first kappa shape index (κ1) is 18.6. The van der Waals surface area contributed by atoms with Crippen LogP contribution < -0.4 is 0 Å². The van der Waals surface area contributed by atoms with E-state index in [1.54, 1.807) is 0 Å². The normalized spacial score (nSPS) is 22.2. The average Bonchev–Trinajstić information content (AvgIpc) is 2.62. The monoisotopic (exact) mass is 378 g/mol. The summed E-state index contributed by atoms with van der Waals surface area (Å²) in [5.74, 6) is 0. The highest BCUT2D eigenvalue weighted by Gasteiger charge is 2.35. The zero-order valence-corrected chi connectivity index (χ0v) is 14.5. The second-order valence-corrected chi connectivity index (χ2v) is 8.25. The summed E-state index contributed by atoms with van der Waals surface area (Å²) >= 11 is 0. The Morgan fingerprint density at radius 1 is 1.04 bits per heavy atom. The molecule has 2 aliphatic heterocycles. The van der Waals surface area contributed by atoms with Gasteiger partial charge in [-0.3, -0.25) is 4.90 Å². The summed E-state index contributed by atoms with van der Waals surface area (Å²) in [4.78, 5) is 2.00. The van der Waals surface area contributed by atoms with Gasteiger partial charge in [-0.15, -0.1) is 0 Å². The molecule has 1 aromatic rings. The molecule has 1 aromatic carbocycles. The van der Waals surface area contributed by atoms with Crippen molar-refractivity contribution in [3.63, 3.8) is 0 Å². The van der Waals surface area contributed by atoms with Gasteiger partial charge in [-0.25, -0.2) is 8.42 Å². The zero-order chi connectivity index (χ0) is 18.1. The summed E-state index contributed by atoms with van der Waals surface area (Å²) in [6.45, 7) is 3.68. The molecule has 5 nitrogen and oxygen atoms in total. The first-order valence-electron chi connectivity index (χ1n) is 8.28. The Hall–Kier alpha value is -1.16. The van der Waals surface area contributed by atoms with Gasteiger partial charge >= 0.3 is 6.18 Å². The molecule has 2 fully saturated rings. The van der Waals surface area contributed by atoms with Crippen LogP contribution in [0.1, 0.15) is 18.4 Å². The van der Waals surface area contributed by atoms with Crippen molar-refractivity contribution in [2.75, 3.05) is 39.4 Å². The maximum Gasteiger partial charge on any atom is 0.416 e. The Labute approximate surface area is 145 Å². The summed E-state index contributed by atoms with van der Waals surface area (Å²) in [5.41, 5.74) is -0.947. The van der Waals surface area contributed by atoms with E-state index >= 15 is 0 Å². The molecule has 2 heterocycles. The van der Waals surface area contributed by atoms with Crippen molar-refractivity contribution in [1.29, 1.82) is 0 Å². The third kappa shape index (κ3) is 4.16. The molecule has 0 bridgehead atoms. The highest BCUT2D eigenvalue weighted by Crippen LogP contribution is 2.32. The van der Waals surface area contributed by atoms with E-state index < -0.39 is 21.8 Å². The lowest BCUT2D eigenvalue weighted by Crippen LogP contribution is -2.50. The molecule has 0 radical (unpaired) electrons. The minimum Gasteiger partial charge on any atom is -0.379 e. The number of rotatable bonds is 3. The molecule has 0 aromatic heterocycles. The van der Waals surface area contributed by atoms with E-state index in [1.165, 1.54) is 10.4 Å². The molecule has 9 heteroatoms. The molecule has 0 amide bonds. The molecule has 0 atom stereocenters. The molecular weight excluding hydrogens is 357 g/mol. The van der Waals surface area contributed by atoms with Crippen molar-refractivity contribution in [2.45, 2.75) is 30.0 Å². The lowest BCUT2D eigenvalue weighted by atomic mass is 10.0. The molecule has 140 valence electrons. The number of alkyl halides is 3. The van der Waals surface area contributed by atoms with Crippen LogP contribution in [0.4, 0.5) is 13.2 Å². The number of morpholine rings is 1. The SMILES string of the molecule is O=S(=O)(c1cccc(C(F)(F)F)c1)N1CCC(N2CCOCC2)CC1. The first-order valence-corrected chi connectivity index (χ1v) is 9.72. The summed E-state index contributed by atoms with van der Waals surface area (Å²) in [6.07, 6.45) is -3.20. The molecule has 0 spiro atoms. The fourth-order valence-electron chi connectivity index (χ4n) is 3.37. The van der Waals surface area contributed by atoms with Crippen molar-refractivity contribution in [3.05, 3.63) is 29.8 Å². The fourth-order valence-corrected chi connectivity index (χ4v) is 4.89. The van der Waals surface area contributed by atoms with E-state index in [0.29, 0.717) is 51.3 Å². The van der Waals surface area contributed by atoms with Crippen molar-refractivity contribution in [2.24, 2.45) is 0 Å². The van der Waals surface area contributed by atoms with E-state index in [9.17, 15) is 21.6 Å². The minimum atomic E-state index is -4.56. The molecular formula is C16H21F3N2O3S. The van der Waals surface area contributed by atoms with Crippen molar-refractivity contribution in [1.82, 2.24) is 9.21 Å². The van der Waals surface area contributed by atoms with Gasteiger partial charge in [0, 0.05) is 32.2 Å². The van der Waals surface area contributed by atoms with Crippen LogP contribution in [0.2, 0.25) is 0 Å². The van der Waals surface area contributed by atoms with Crippen LogP contribution in [0.5, 0.6) is 0 Å². The van der Waals surface area contributed by atoms with Crippen LogP contribution in [-0.4, -0.2) is 63.1 Å². The third-order valence-corrected chi connectivity index (χ3v) is 6.68. The van der Waals surface area contributed by atoms with E-state index in [1.807, 2.05) is 0 Å². The number of halogens is 3. The van der Waals surface area contributed by atoms with E-state index in [4.69, 9.17) is 4.74 Å². The molecule has 0 saturated carbocycles. The average molecular weight is 378 g/mol. The molecule has 2 aliphatic rings. The van der Waals surface area contributed by atoms with Crippen LogP contribution in [0, 0.1) is 0 Å². The minimum absolute atomic E-state index is 0.299. The summed E-state index contributed by atoms with van der Waals surface area (Å²) in [7, 11) is -3.91. The van der Waals surface area contributed by atoms with Crippen molar-refractivity contribution in [3.8, 4) is 0 Å². The lowest BCUT2D eigenvalue weighted by molar-refractivity contribution is -0.137. The predicted molar refractivity (Wildman–Crippen MR) is 85.6 cm³/mol. The Kier molecular flexibility index (Phi) is 5.38. The fraction of sp³-hybridized carbons (Fsp3) is 0.625. The molecule has 3 rings (SSSR count). The van der Waals surface area contributed by atoms with Crippen molar-refractivity contribution < 1.29 is 26.3 Å². The van der Waals surface area contributed by atoms with Gasteiger partial charge in [0.05, 0.1) is 23.7 Å². The topological polar surface area (TPSA) is 49.9 Å². The van der Waals surface area contributed by atoms with E-state index in [0.717, 1.165) is 25.2 Å². The van der Waals surface area contributed by atoms with Crippen molar-refractivity contribution >= 4 is 10.0 Å². The Morgan fingerprint density at radius 2 is 1.68 bits per heavy atom. The van der Waals surface area contributed by atoms with Crippen LogP contribution in [0.25, 0.3) is 0 Å². The Balaban J connectivity index is 1.69. The molecule has 25 heavy (non-hydrogen) atoms. The van der Waals surface area contributed by atoms with Gasteiger partial charge in [-0.1, -0.05) is 6.07 Å². The number of piperidine rings is 1. The molecule has 0 aliphatic carbocycles. The third-order valence-electron chi connectivity index (χ3n) is 4.78. The van der Waals surface area contributed by atoms with Gasteiger partial charge in [0.1, 0.15) is 0 Å². The van der Waals surface area contributed by atoms with Gasteiger partial charge in [0.25, 0.3) is 0 Å². The highest BCUT2D eigenvalue weighted by molar-refractivity contribution is 7.89. The Morgan fingerprint density at radius 3 is 2.28 bits per heavy atom. The lowest BCUT2D eigenvalue weighted by Gasteiger charge is -2.39. The summed E-state index contributed by atoms with van der Waals surface area (Å²) in [5, 5.41) is 0. The van der Waals surface area contributed by atoms with Gasteiger partial charge in [-0.2, -0.15) is 17.5 Å². The van der Waals surface area contributed by atoms with Crippen LogP contribution in [0.15, 0.2) is 29.2 Å². The number of sulfonamides is 1. The number of hydrogen-bond donors (Lipinski definition) is 0. The number of nitrogens with zero attached hydrogens (tertiary/aromatic N) is 2. The number of benzene rings is 1. The molecule has 2 saturated heterocycles. The number of hydrogen-bond acceptors (Lipinski definition) is 4. The summed E-state index contributed by atoms with van der Waals surface area (Å²) < 4.78 is 70.5. The molecule has 0 unspecified atom stereocenters. The van der Waals surface area contributed by atoms with Crippen LogP contribution in [0.3, 0.4) is 0 Å². The zero-order valence-electron chi connectivity index (χ0n) is 13.7. The highest BCUT2D eigenvalue weighted by atomic mass is 32.2. The number of ether oxygens (including phenoxy) is 1. The first-order chi connectivity index (χ1) is 11.8. The quantitative estimate of drug-likeness (QED) is 0.809. The van der Waals surface area contributed by atoms with Gasteiger partial charge in [0.2, 0.25) is 10.0 Å². The molecule has 0 N–H and O–H groups in total. The van der Waals surface area contributed by atoms with E-state index in [-0.39, 0.29) is 4.90 Å². The Bertz CT molecular complexity index is 695. The standard InChI is InChI=1S/C16H21F3N2O3S/c17-16(18,19)13-2-1-3-15(12-13)25(22,23)21-6-4-14(5-7-21)20-8-10-24-11-9-20/h1-3,12,14H,4-11H2. The smallest absolute Gasteiger partial charge is 0.379 e. The second-order valence-electron chi connectivity index (χ2n) is 6.31. The van der Waals surface area contributed by atoms with Gasteiger partial charge in [0.15, 0.2) is 0 Å². The largest absolute Gasteiger partial charge is 0.416 e. The second kappa shape index (κ2) is 7.22. The van der Waals surface area contributed by atoms with Crippen LogP contribution >= 0.6 is 0 Å².